The number of piperidine rings is 1. The highest BCUT2D eigenvalue weighted by molar-refractivity contribution is 6.01. The first-order chi connectivity index (χ1) is 19.6. The Balaban J connectivity index is 1.37. The first-order valence-corrected chi connectivity index (χ1v) is 14.5. The van der Waals surface area contributed by atoms with Crippen LogP contribution in [0.15, 0.2) is 48.8 Å². The van der Waals surface area contributed by atoms with E-state index in [2.05, 4.69) is 50.5 Å². The summed E-state index contributed by atoms with van der Waals surface area (Å²) in [4.78, 5) is 20.8. The number of carbonyl (C=O) groups is 1. The molecule has 0 spiro atoms. The van der Waals surface area contributed by atoms with Crippen LogP contribution in [0.4, 0.5) is 0 Å². The lowest BCUT2D eigenvalue weighted by Gasteiger charge is -2.32. The molecule has 2 aliphatic rings. The molecule has 4 heterocycles. The van der Waals surface area contributed by atoms with Crippen molar-refractivity contribution < 1.29 is 9.53 Å². The van der Waals surface area contributed by atoms with Crippen LogP contribution in [0.25, 0.3) is 44.6 Å². The number of benzene rings is 2. The van der Waals surface area contributed by atoms with Gasteiger partial charge in [0.2, 0.25) is 0 Å². The Morgan fingerprint density at radius 2 is 2.00 bits per heavy atom. The summed E-state index contributed by atoms with van der Waals surface area (Å²) in [6.45, 7) is 4.79. The summed E-state index contributed by atoms with van der Waals surface area (Å²) in [5.41, 5.74) is 6.84. The number of hydrogen-bond acceptors (Lipinski definition) is 4. The third kappa shape index (κ3) is 4.17. The summed E-state index contributed by atoms with van der Waals surface area (Å²) >= 11 is 0. The van der Waals surface area contributed by atoms with Gasteiger partial charge in [-0.15, -0.1) is 0 Å². The number of fused-ring (bicyclic) bond motifs is 2. The summed E-state index contributed by atoms with van der Waals surface area (Å²) in [5, 5.41) is 8.35. The number of hydrogen-bond donors (Lipinski definition) is 1. The minimum Gasteiger partial charge on any atom is -0.494 e. The van der Waals surface area contributed by atoms with Crippen molar-refractivity contribution in [1.29, 1.82) is 0 Å². The largest absolute Gasteiger partial charge is 0.494 e. The Hall–Kier alpha value is -4.07. The first kappa shape index (κ1) is 24.9. The van der Waals surface area contributed by atoms with Gasteiger partial charge in [0.05, 0.1) is 30.0 Å². The van der Waals surface area contributed by atoms with E-state index >= 15 is 0 Å². The summed E-state index contributed by atoms with van der Waals surface area (Å²) < 4.78 is 10.4. The van der Waals surface area contributed by atoms with E-state index in [1.807, 2.05) is 36.5 Å². The zero-order valence-corrected chi connectivity index (χ0v) is 23.5. The molecule has 1 atom stereocenters. The minimum absolute atomic E-state index is 0.0677. The van der Waals surface area contributed by atoms with E-state index in [-0.39, 0.29) is 5.91 Å². The van der Waals surface area contributed by atoms with E-state index in [0.717, 1.165) is 66.2 Å². The molecule has 3 aromatic heterocycles. The molecule has 5 aromatic rings. The first-order valence-electron chi connectivity index (χ1n) is 14.5. The van der Waals surface area contributed by atoms with Crippen LogP contribution < -0.4 is 4.74 Å². The van der Waals surface area contributed by atoms with Gasteiger partial charge in [-0.25, -0.2) is 4.98 Å². The monoisotopic (exact) mass is 536 g/mol. The molecule has 8 heteroatoms. The van der Waals surface area contributed by atoms with Gasteiger partial charge in [0.1, 0.15) is 11.3 Å². The highest BCUT2D eigenvalue weighted by atomic mass is 16.5. The number of ether oxygens (including phenoxy) is 1. The van der Waals surface area contributed by atoms with Crippen molar-refractivity contribution in [3.05, 3.63) is 54.4 Å². The van der Waals surface area contributed by atoms with Crippen molar-refractivity contribution in [3.63, 3.8) is 0 Å². The van der Waals surface area contributed by atoms with Crippen molar-refractivity contribution in [2.75, 3.05) is 20.2 Å². The number of rotatable bonds is 7. The van der Waals surface area contributed by atoms with Crippen LogP contribution in [0.3, 0.4) is 0 Å². The van der Waals surface area contributed by atoms with Crippen LogP contribution >= 0.6 is 0 Å². The molecular weight excluding hydrogens is 500 g/mol. The summed E-state index contributed by atoms with van der Waals surface area (Å²) in [6, 6.07) is 12.5. The Morgan fingerprint density at radius 3 is 2.75 bits per heavy atom. The standard InChI is InChI=1S/C32H36N6O2/c1-4-20-7-6-12-37(18-20)32(39)23-13-26-30(28(15-23)40-3)36(2)31(35-26)27-14-22-8-5-9-25(24-16-33-34-17-24)29(22)38(27)19-21-10-11-21/h5,8-9,13-17,20-21H,4,6-7,10-12,18-19H2,1-3H3,(H,33,34)/t20-/m1/s1. The lowest BCUT2D eigenvalue weighted by atomic mass is 9.95. The Bertz CT molecular complexity index is 1710. The molecular formula is C32H36N6O2. The normalized spacial score (nSPS) is 17.7. The Morgan fingerprint density at radius 1 is 1.12 bits per heavy atom. The maximum absolute atomic E-state index is 13.6. The van der Waals surface area contributed by atoms with Crippen LogP contribution in [0.2, 0.25) is 0 Å². The molecule has 1 aliphatic carbocycles. The zero-order valence-electron chi connectivity index (χ0n) is 23.5. The van der Waals surface area contributed by atoms with Crippen LogP contribution in [0.1, 0.15) is 49.4 Å². The van der Waals surface area contributed by atoms with E-state index in [0.29, 0.717) is 23.1 Å². The SMILES string of the molecule is CC[C@@H]1CCCN(C(=O)c2cc(OC)c3c(c2)nc(-c2cc4cccc(-c5cn[nH]c5)c4n2CC2CC2)n3C)C1. The summed E-state index contributed by atoms with van der Waals surface area (Å²) in [6.07, 6.45) is 9.70. The van der Waals surface area contributed by atoms with E-state index < -0.39 is 0 Å². The number of nitrogens with one attached hydrogen (secondary N) is 1. The van der Waals surface area contributed by atoms with E-state index in [1.165, 1.54) is 30.2 Å². The second-order valence-corrected chi connectivity index (χ2v) is 11.5. The number of imidazole rings is 1. The zero-order chi connectivity index (χ0) is 27.4. The van der Waals surface area contributed by atoms with E-state index in [1.54, 1.807) is 7.11 Å². The Labute approximate surface area is 233 Å². The van der Waals surface area contributed by atoms with E-state index in [9.17, 15) is 4.79 Å². The number of carbonyl (C=O) groups excluding carboxylic acids is 1. The predicted molar refractivity (Wildman–Crippen MR) is 157 cm³/mol. The Kier molecular flexibility index (Phi) is 6.13. The quantitative estimate of drug-likeness (QED) is 0.266. The third-order valence-electron chi connectivity index (χ3n) is 8.88. The molecule has 2 fully saturated rings. The van der Waals surface area contributed by atoms with Gasteiger partial charge in [-0.3, -0.25) is 9.89 Å². The molecule has 1 amide bonds. The van der Waals surface area contributed by atoms with Crippen molar-refractivity contribution in [3.8, 4) is 28.4 Å². The number of aromatic nitrogens is 5. The fraction of sp³-hybridized carbons (Fsp3) is 0.406. The van der Waals surface area contributed by atoms with Gasteiger partial charge in [0.25, 0.3) is 5.91 Å². The van der Waals surface area contributed by atoms with Gasteiger partial charge in [0, 0.05) is 55.0 Å². The molecule has 1 saturated heterocycles. The number of aromatic amines is 1. The van der Waals surface area contributed by atoms with Crippen LogP contribution in [-0.4, -0.2) is 55.3 Å². The molecule has 2 aromatic carbocycles. The van der Waals surface area contributed by atoms with E-state index in [4.69, 9.17) is 9.72 Å². The molecule has 7 rings (SSSR count). The maximum atomic E-state index is 13.6. The van der Waals surface area contributed by atoms with Gasteiger partial charge in [-0.2, -0.15) is 5.10 Å². The number of amides is 1. The van der Waals surface area contributed by atoms with Crippen molar-refractivity contribution in [2.24, 2.45) is 18.9 Å². The smallest absolute Gasteiger partial charge is 0.254 e. The molecule has 0 bridgehead atoms. The summed E-state index contributed by atoms with van der Waals surface area (Å²) in [7, 11) is 3.71. The topological polar surface area (TPSA) is 81.0 Å². The number of methoxy groups -OCH3 is 1. The number of nitrogens with zero attached hydrogens (tertiary/aromatic N) is 5. The minimum atomic E-state index is 0.0677. The molecule has 0 unspecified atom stereocenters. The highest BCUT2D eigenvalue weighted by Crippen LogP contribution is 2.40. The predicted octanol–water partition coefficient (Wildman–Crippen LogP) is 6.27. The third-order valence-corrected chi connectivity index (χ3v) is 8.88. The second kappa shape index (κ2) is 9.84. The number of para-hydroxylation sites is 1. The van der Waals surface area contributed by atoms with Crippen molar-refractivity contribution in [1.82, 2.24) is 29.2 Å². The molecule has 40 heavy (non-hydrogen) atoms. The molecule has 8 nitrogen and oxygen atoms in total. The molecule has 1 saturated carbocycles. The van der Waals surface area contributed by atoms with Crippen molar-refractivity contribution in [2.45, 2.75) is 45.6 Å². The van der Waals surface area contributed by atoms with Gasteiger partial charge < -0.3 is 18.8 Å². The van der Waals surface area contributed by atoms with Crippen molar-refractivity contribution >= 4 is 27.8 Å². The molecule has 1 N–H and O–H groups in total. The lowest BCUT2D eigenvalue weighted by molar-refractivity contribution is 0.0671. The average Bonchev–Trinajstić information content (AvgIpc) is 3.35. The van der Waals surface area contributed by atoms with Crippen LogP contribution in [-0.2, 0) is 13.6 Å². The van der Waals surface area contributed by atoms with Gasteiger partial charge in [0.15, 0.2) is 5.82 Å². The van der Waals surface area contributed by atoms with Gasteiger partial charge >= 0.3 is 0 Å². The molecule has 206 valence electrons. The number of H-pyrrole nitrogens is 1. The fourth-order valence-corrected chi connectivity index (χ4v) is 6.47. The van der Waals surface area contributed by atoms with Crippen LogP contribution in [0, 0.1) is 11.8 Å². The molecule has 0 radical (unpaired) electrons. The van der Waals surface area contributed by atoms with Crippen LogP contribution in [0.5, 0.6) is 5.75 Å². The van der Waals surface area contributed by atoms with Gasteiger partial charge in [-0.05, 0) is 55.7 Å². The maximum Gasteiger partial charge on any atom is 0.254 e. The average molecular weight is 537 g/mol. The molecule has 1 aliphatic heterocycles. The summed E-state index contributed by atoms with van der Waals surface area (Å²) in [5.74, 6) is 2.87. The highest BCUT2D eigenvalue weighted by Gasteiger charge is 2.28. The number of likely N-dealkylation sites (tertiary alicyclic amines) is 1. The second-order valence-electron chi connectivity index (χ2n) is 11.5. The van der Waals surface area contributed by atoms with Gasteiger partial charge in [-0.1, -0.05) is 31.5 Å². The lowest BCUT2D eigenvalue weighted by Crippen LogP contribution is -2.39. The fourth-order valence-electron chi connectivity index (χ4n) is 6.47. The number of aryl methyl sites for hydroxylation is 1.